The Bertz CT molecular complexity index is 883. The van der Waals surface area contributed by atoms with Crippen molar-refractivity contribution in [3.05, 3.63) is 73.7 Å². The first-order valence-corrected chi connectivity index (χ1v) is 9.66. The molecule has 27 heavy (non-hydrogen) atoms. The van der Waals surface area contributed by atoms with Crippen LogP contribution in [0.5, 0.6) is 0 Å². The second-order valence-electron chi connectivity index (χ2n) is 6.39. The van der Waals surface area contributed by atoms with E-state index in [2.05, 4.69) is 11.9 Å². The molecule has 2 rings (SSSR count). The monoisotopic (exact) mass is 406 g/mol. The first-order valence-electron chi connectivity index (χ1n) is 8.91. The fourth-order valence-electron chi connectivity index (χ4n) is 3.21. The van der Waals surface area contributed by atoms with E-state index in [-0.39, 0.29) is 11.3 Å². The number of amides is 1. The molecule has 0 unspecified atom stereocenters. The summed E-state index contributed by atoms with van der Waals surface area (Å²) >= 11 is 12.7. The number of hydrogen-bond donors (Lipinski definition) is 1. The van der Waals surface area contributed by atoms with Crippen LogP contribution in [0, 0.1) is 19.1 Å². The second-order valence-corrected chi connectivity index (χ2v) is 7.20. The van der Waals surface area contributed by atoms with Crippen LogP contribution in [0.1, 0.15) is 52.3 Å². The zero-order valence-electron chi connectivity index (χ0n) is 16.1. The van der Waals surface area contributed by atoms with Crippen molar-refractivity contribution in [2.24, 2.45) is 0 Å². The highest BCUT2D eigenvalue weighted by Gasteiger charge is 2.27. The van der Waals surface area contributed by atoms with E-state index < -0.39 is 5.91 Å². The normalized spacial score (nSPS) is 10.7. The minimum absolute atomic E-state index is 0.188. The molecule has 0 saturated heterocycles. The van der Waals surface area contributed by atoms with Crippen LogP contribution >= 0.6 is 23.2 Å². The molecular weight excluding hydrogens is 383 g/mol. The van der Waals surface area contributed by atoms with E-state index >= 15 is 0 Å². The minimum atomic E-state index is -0.404. The summed E-state index contributed by atoms with van der Waals surface area (Å²) in [5.41, 5.74) is 4.16. The summed E-state index contributed by atoms with van der Waals surface area (Å²) in [4.78, 5) is 13.1. The SMILES string of the molecule is C=CCc1c(Cl)c(C(=O)Nc2c(CC)cc(Cl)cc2CC)c(C)[n+]([O-])c1C. The lowest BCUT2D eigenvalue weighted by Crippen LogP contribution is -2.38. The Hall–Kier alpha value is -2.04. The van der Waals surface area contributed by atoms with E-state index in [9.17, 15) is 10.0 Å². The summed E-state index contributed by atoms with van der Waals surface area (Å²) in [6.45, 7) is 11.0. The van der Waals surface area contributed by atoms with Crippen LogP contribution in [-0.4, -0.2) is 5.91 Å². The summed E-state index contributed by atoms with van der Waals surface area (Å²) in [5.74, 6) is -0.404. The molecule has 0 atom stereocenters. The molecule has 144 valence electrons. The first-order chi connectivity index (χ1) is 12.8. The summed E-state index contributed by atoms with van der Waals surface area (Å²) in [6.07, 6.45) is 3.50. The van der Waals surface area contributed by atoms with Gasteiger partial charge in [0.15, 0.2) is 5.69 Å². The molecule has 1 amide bonds. The van der Waals surface area contributed by atoms with Crippen LogP contribution in [0.3, 0.4) is 0 Å². The van der Waals surface area contributed by atoms with Gasteiger partial charge in [-0.3, -0.25) is 4.79 Å². The Morgan fingerprint density at radius 3 is 2.22 bits per heavy atom. The number of anilines is 1. The van der Waals surface area contributed by atoms with Crippen LogP contribution < -0.4 is 10.0 Å². The Labute approximate surface area is 170 Å². The third kappa shape index (κ3) is 4.12. The van der Waals surface area contributed by atoms with Crippen molar-refractivity contribution in [3.8, 4) is 0 Å². The lowest BCUT2D eigenvalue weighted by Gasteiger charge is -2.18. The van der Waals surface area contributed by atoms with Gasteiger partial charge in [-0.2, -0.15) is 4.73 Å². The largest absolute Gasteiger partial charge is 0.618 e. The molecule has 1 heterocycles. The zero-order valence-corrected chi connectivity index (χ0v) is 17.6. The Kier molecular flexibility index (Phi) is 6.90. The standard InChI is InChI=1S/C21H24Cl2N2O2/c1-6-9-17-12(4)25(27)13(5)18(19(17)23)21(26)24-20-14(7-2)10-16(22)11-15(20)8-3/h6,10-11H,1,7-9H2,2-5H3,(H,24,26). The van der Waals surface area contributed by atoms with Crippen LogP contribution in [0.25, 0.3) is 0 Å². The Balaban J connectivity index is 2.59. The Morgan fingerprint density at radius 2 is 1.74 bits per heavy atom. The number of carbonyl (C=O) groups is 1. The lowest BCUT2D eigenvalue weighted by molar-refractivity contribution is -0.619. The van der Waals surface area contributed by atoms with Crippen LogP contribution in [-0.2, 0) is 19.3 Å². The number of aromatic nitrogens is 1. The molecule has 0 bridgehead atoms. The van der Waals surface area contributed by atoms with Crippen molar-refractivity contribution in [1.82, 2.24) is 0 Å². The van der Waals surface area contributed by atoms with Gasteiger partial charge in [0.1, 0.15) is 5.56 Å². The zero-order chi connectivity index (χ0) is 20.3. The van der Waals surface area contributed by atoms with Gasteiger partial charge in [0.05, 0.1) is 5.02 Å². The average Bonchev–Trinajstić information content (AvgIpc) is 2.64. The molecule has 2 aromatic rings. The lowest BCUT2D eigenvalue weighted by atomic mass is 10.0. The molecule has 0 saturated carbocycles. The molecular formula is C21H24Cl2N2O2. The van der Waals surface area contributed by atoms with E-state index in [1.807, 2.05) is 26.0 Å². The number of halogens is 2. The topological polar surface area (TPSA) is 56.0 Å². The molecule has 0 aliphatic rings. The number of rotatable bonds is 6. The van der Waals surface area contributed by atoms with Gasteiger partial charge in [0.2, 0.25) is 5.69 Å². The third-order valence-corrected chi connectivity index (χ3v) is 5.37. The third-order valence-electron chi connectivity index (χ3n) is 4.73. The average molecular weight is 407 g/mol. The molecule has 4 nitrogen and oxygen atoms in total. The highest BCUT2D eigenvalue weighted by atomic mass is 35.5. The van der Waals surface area contributed by atoms with Gasteiger partial charge in [-0.15, -0.1) is 6.58 Å². The summed E-state index contributed by atoms with van der Waals surface area (Å²) in [6, 6.07) is 3.69. The second kappa shape index (κ2) is 8.77. The van der Waals surface area contributed by atoms with Crippen molar-refractivity contribution >= 4 is 34.8 Å². The maximum Gasteiger partial charge on any atom is 0.263 e. The molecule has 1 N–H and O–H groups in total. The molecule has 1 aromatic heterocycles. The van der Waals surface area contributed by atoms with Gasteiger partial charge in [0, 0.05) is 30.1 Å². The highest BCUT2D eigenvalue weighted by molar-refractivity contribution is 6.35. The molecule has 0 radical (unpaired) electrons. The van der Waals surface area contributed by atoms with E-state index in [1.165, 1.54) is 0 Å². The summed E-state index contributed by atoms with van der Waals surface area (Å²) in [7, 11) is 0. The minimum Gasteiger partial charge on any atom is -0.618 e. The van der Waals surface area contributed by atoms with E-state index in [1.54, 1.807) is 19.9 Å². The van der Waals surface area contributed by atoms with Gasteiger partial charge in [-0.05, 0) is 42.5 Å². The fourth-order valence-corrected chi connectivity index (χ4v) is 3.91. The predicted octanol–water partition coefficient (Wildman–Crippen LogP) is 5.35. The number of carbonyl (C=O) groups excluding carboxylic acids is 1. The van der Waals surface area contributed by atoms with E-state index in [4.69, 9.17) is 23.2 Å². The van der Waals surface area contributed by atoms with Crippen LogP contribution in [0.2, 0.25) is 10.0 Å². The van der Waals surface area contributed by atoms with Gasteiger partial charge < -0.3 is 10.5 Å². The van der Waals surface area contributed by atoms with Crippen molar-refractivity contribution < 1.29 is 9.52 Å². The first kappa shape index (κ1) is 21.3. The van der Waals surface area contributed by atoms with Crippen molar-refractivity contribution in [3.63, 3.8) is 0 Å². The van der Waals surface area contributed by atoms with Gasteiger partial charge in [-0.1, -0.05) is 43.1 Å². The number of nitrogens with zero attached hydrogens (tertiary/aromatic N) is 1. The number of allylic oxidation sites excluding steroid dienone is 1. The van der Waals surface area contributed by atoms with Gasteiger partial charge in [0.25, 0.3) is 5.91 Å². The molecule has 0 aliphatic heterocycles. The van der Waals surface area contributed by atoms with E-state index in [0.717, 1.165) is 21.5 Å². The fraction of sp³-hybridized carbons (Fsp3) is 0.333. The van der Waals surface area contributed by atoms with Crippen LogP contribution in [0.4, 0.5) is 5.69 Å². The van der Waals surface area contributed by atoms with Crippen molar-refractivity contribution in [2.45, 2.75) is 47.0 Å². The maximum absolute atomic E-state index is 13.1. The van der Waals surface area contributed by atoms with Gasteiger partial charge >= 0.3 is 0 Å². The van der Waals surface area contributed by atoms with Crippen molar-refractivity contribution in [2.75, 3.05) is 5.32 Å². The highest BCUT2D eigenvalue weighted by Crippen LogP contribution is 2.30. The molecule has 0 spiro atoms. The number of benzene rings is 1. The number of nitrogens with one attached hydrogen (secondary N) is 1. The molecule has 0 fully saturated rings. The smallest absolute Gasteiger partial charge is 0.263 e. The Morgan fingerprint density at radius 1 is 1.19 bits per heavy atom. The summed E-state index contributed by atoms with van der Waals surface area (Å²) in [5, 5.41) is 16.4. The summed E-state index contributed by atoms with van der Waals surface area (Å²) < 4.78 is 0.753. The van der Waals surface area contributed by atoms with E-state index in [0.29, 0.717) is 40.6 Å². The molecule has 6 heteroatoms. The maximum atomic E-state index is 13.1. The number of hydrogen-bond acceptors (Lipinski definition) is 2. The van der Waals surface area contributed by atoms with Crippen molar-refractivity contribution in [1.29, 1.82) is 0 Å². The van der Waals surface area contributed by atoms with Crippen LogP contribution in [0.15, 0.2) is 24.8 Å². The quantitative estimate of drug-likeness (QED) is 0.399. The molecule has 1 aromatic carbocycles. The molecule has 0 aliphatic carbocycles. The predicted molar refractivity (Wildman–Crippen MR) is 112 cm³/mol. The number of pyridine rings is 1. The number of aryl methyl sites for hydroxylation is 2. The van der Waals surface area contributed by atoms with Gasteiger partial charge in [-0.25, -0.2) is 0 Å².